The van der Waals surface area contributed by atoms with Gasteiger partial charge < -0.3 is 10.1 Å². The Hall–Kier alpha value is -3.60. The third-order valence-corrected chi connectivity index (χ3v) is 8.47. The van der Waals surface area contributed by atoms with Crippen molar-refractivity contribution in [3.63, 3.8) is 0 Å². The molecule has 5 rings (SSSR count). The lowest BCUT2D eigenvalue weighted by molar-refractivity contribution is -0.119. The van der Waals surface area contributed by atoms with Crippen molar-refractivity contribution in [1.29, 1.82) is 0 Å². The highest BCUT2D eigenvalue weighted by atomic mass is 32.2. The molecule has 0 aliphatic carbocycles. The number of anilines is 1. The lowest BCUT2D eigenvalue weighted by Gasteiger charge is -2.23. The standard InChI is InChI=1S/C26H22FN3O4S2/c27-19-10-14-22(15-11-19)36(32,33)30-16-4-7-24(30)25(31)29-26-28-23(17-35-26)18-8-12-21(13-9-18)34-20-5-2-1-3-6-20/h1-3,5-6,8-15,17,24H,4,7,16H2,(H,28,29,31). The van der Waals surface area contributed by atoms with E-state index in [4.69, 9.17) is 4.74 Å². The molecule has 1 aliphatic rings. The number of nitrogens with zero attached hydrogens (tertiary/aromatic N) is 2. The molecule has 1 unspecified atom stereocenters. The molecule has 3 aromatic carbocycles. The number of rotatable bonds is 7. The maximum absolute atomic E-state index is 13.2. The van der Waals surface area contributed by atoms with Crippen molar-refractivity contribution in [2.75, 3.05) is 11.9 Å². The Morgan fingerprint density at radius 1 is 1.00 bits per heavy atom. The minimum Gasteiger partial charge on any atom is -0.457 e. The second-order valence-corrected chi connectivity index (χ2v) is 10.9. The number of carbonyl (C=O) groups excluding carboxylic acids is 1. The van der Waals surface area contributed by atoms with Crippen molar-refractivity contribution in [2.24, 2.45) is 0 Å². The highest BCUT2D eigenvalue weighted by Gasteiger charge is 2.39. The second-order valence-electron chi connectivity index (χ2n) is 8.19. The Morgan fingerprint density at radius 2 is 1.69 bits per heavy atom. The Balaban J connectivity index is 1.26. The monoisotopic (exact) mass is 523 g/mol. The summed E-state index contributed by atoms with van der Waals surface area (Å²) >= 11 is 1.26. The van der Waals surface area contributed by atoms with Crippen molar-refractivity contribution in [1.82, 2.24) is 9.29 Å². The number of benzene rings is 3. The first kappa shape index (κ1) is 24.1. The summed E-state index contributed by atoms with van der Waals surface area (Å²) in [6.45, 7) is 0.221. The maximum atomic E-state index is 13.2. The molecule has 1 aromatic heterocycles. The van der Waals surface area contributed by atoms with Crippen LogP contribution in [0.5, 0.6) is 11.5 Å². The van der Waals surface area contributed by atoms with E-state index in [9.17, 15) is 17.6 Å². The van der Waals surface area contributed by atoms with E-state index in [0.717, 1.165) is 23.4 Å². The van der Waals surface area contributed by atoms with E-state index in [1.807, 2.05) is 60.0 Å². The molecular weight excluding hydrogens is 501 g/mol. The van der Waals surface area contributed by atoms with Crippen LogP contribution in [0.15, 0.2) is 89.1 Å². The predicted octanol–water partition coefficient (Wildman–Crippen LogP) is 5.53. The highest BCUT2D eigenvalue weighted by Crippen LogP contribution is 2.30. The largest absolute Gasteiger partial charge is 0.457 e. The topological polar surface area (TPSA) is 88.6 Å². The molecule has 1 N–H and O–H groups in total. The summed E-state index contributed by atoms with van der Waals surface area (Å²) in [7, 11) is -3.93. The number of sulfonamides is 1. The number of hydrogen-bond acceptors (Lipinski definition) is 6. The van der Waals surface area contributed by atoms with Crippen molar-refractivity contribution in [3.8, 4) is 22.8 Å². The van der Waals surface area contributed by atoms with Crippen molar-refractivity contribution >= 4 is 32.4 Å². The van der Waals surface area contributed by atoms with Crippen LogP contribution in [0, 0.1) is 5.82 Å². The molecule has 1 saturated heterocycles. The van der Waals surface area contributed by atoms with Crippen LogP contribution in [-0.4, -0.2) is 36.2 Å². The average Bonchev–Trinajstić information content (AvgIpc) is 3.56. The Morgan fingerprint density at radius 3 is 2.42 bits per heavy atom. The summed E-state index contributed by atoms with van der Waals surface area (Å²) in [5, 5.41) is 4.96. The van der Waals surface area contributed by atoms with E-state index in [-0.39, 0.29) is 11.4 Å². The fourth-order valence-corrected chi connectivity index (χ4v) is 6.38. The van der Waals surface area contributed by atoms with Gasteiger partial charge in [-0.2, -0.15) is 4.31 Å². The van der Waals surface area contributed by atoms with Crippen molar-refractivity contribution in [2.45, 2.75) is 23.8 Å². The molecule has 1 amide bonds. The van der Waals surface area contributed by atoms with E-state index in [0.29, 0.717) is 29.4 Å². The number of carbonyl (C=O) groups is 1. The molecule has 1 fully saturated rings. The van der Waals surface area contributed by atoms with Gasteiger partial charge in [-0.25, -0.2) is 17.8 Å². The molecule has 4 aromatic rings. The minimum absolute atomic E-state index is 0.0418. The molecule has 1 aliphatic heterocycles. The Labute approximate surface area is 212 Å². The molecular formula is C26H22FN3O4S2. The minimum atomic E-state index is -3.93. The van der Waals surface area contributed by atoms with Gasteiger partial charge in [0.15, 0.2) is 5.13 Å². The van der Waals surface area contributed by atoms with Gasteiger partial charge >= 0.3 is 0 Å². The molecule has 10 heteroatoms. The van der Waals surface area contributed by atoms with Gasteiger partial charge in [0.1, 0.15) is 23.4 Å². The lowest BCUT2D eigenvalue weighted by atomic mass is 10.2. The molecule has 0 saturated carbocycles. The number of para-hydroxylation sites is 1. The third-order valence-electron chi connectivity index (χ3n) is 5.79. The van der Waals surface area contributed by atoms with Crippen LogP contribution in [0.3, 0.4) is 0 Å². The number of aromatic nitrogens is 1. The molecule has 184 valence electrons. The molecule has 36 heavy (non-hydrogen) atoms. The van der Waals surface area contributed by atoms with E-state index in [1.54, 1.807) is 0 Å². The van der Waals surface area contributed by atoms with Crippen LogP contribution in [0.4, 0.5) is 9.52 Å². The molecule has 0 bridgehead atoms. The summed E-state index contributed by atoms with van der Waals surface area (Å²) in [6.07, 6.45) is 0.951. The van der Waals surface area contributed by atoms with E-state index < -0.39 is 27.8 Å². The first-order chi connectivity index (χ1) is 17.4. The Kier molecular flexibility index (Phi) is 6.82. The van der Waals surface area contributed by atoms with Gasteiger partial charge in [-0.1, -0.05) is 18.2 Å². The van der Waals surface area contributed by atoms with Gasteiger partial charge in [-0.15, -0.1) is 11.3 Å². The Bertz CT molecular complexity index is 1460. The maximum Gasteiger partial charge on any atom is 0.244 e. The summed E-state index contributed by atoms with van der Waals surface area (Å²) in [5.74, 6) is 0.469. The van der Waals surface area contributed by atoms with E-state index >= 15 is 0 Å². The quantitative estimate of drug-likeness (QED) is 0.344. The lowest BCUT2D eigenvalue weighted by Crippen LogP contribution is -2.43. The summed E-state index contributed by atoms with van der Waals surface area (Å²) < 4.78 is 46.3. The van der Waals surface area contributed by atoms with Gasteiger partial charge in [0.2, 0.25) is 15.9 Å². The fraction of sp³-hybridized carbons (Fsp3) is 0.154. The third kappa shape index (κ3) is 5.15. The van der Waals surface area contributed by atoms with Crippen molar-refractivity contribution < 1.29 is 22.3 Å². The van der Waals surface area contributed by atoms with Crippen LogP contribution in [0.25, 0.3) is 11.3 Å². The van der Waals surface area contributed by atoms with E-state index in [1.165, 1.54) is 27.8 Å². The van der Waals surface area contributed by atoms with Crippen molar-refractivity contribution in [3.05, 3.63) is 90.1 Å². The summed E-state index contributed by atoms with van der Waals surface area (Å²) in [6, 6.07) is 20.7. The average molecular weight is 524 g/mol. The predicted molar refractivity (Wildman–Crippen MR) is 136 cm³/mol. The van der Waals surface area contributed by atoms with Gasteiger partial charge in [0, 0.05) is 17.5 Å². The first-order valence-corrected chi connectivity index (χ1v) is 13.6. The number of thiazole rings is 1. The van der Waals surface area contributed by atoms with Gasteiger partial charge in [0.25, 0.3) is 0 Å². The number of nitrogens with one attached hydrogen (secondary N) is 1. The number of amides is 1. The number of ether oxygens (including phenoxy) is 1. The summed E-state index contributed by atoms with van der Waals surface area (Å²) in [5.41, 5.74) is 1.54. The highest BCUT2D eigenvalue weighted by molar-refractivity contribution is 7.89. The van der Waals surface area contributed by atoms with Crippen LogP contribution < -0.4 is 10.1 Å². The molecule has 0 radical (unpaired) electrons. The number of halogens is 1. The van der Waals surface area contributed by atoms with Gasteiger partial charge in [-0.05, 0) is 73.5 Å². The zero-order valence-corrected chi connectivity index (χ0v) is 20.6. The first-order valence-electron chi connectivity index (χ1n) is 11.3. The second kappa shape index (κ2) is 10.2. The van der Waals surface area contributed by atoms with Gasteiger partial charge in [-0.3, -0.25) is 4.79 Å². The van der Waals surface area contributed by atoms with Crippen LogP contribution >= 0.6 is 11.3 Å². The SMILES string of the molecule is O=C(Nc1nc(-c2ccc(Oc3ccccc3)cc2)cs1)C1CCCN1S(=O)(=O)c1ccc(F)cc1. The number of hydrogen-bond donors (Lipinski definition) is 1. The summed E-state index contributed by atoms with van der Waals surface area (Å²) in [4.78, 5) is 17.4. The molecule has 0 spiro atoms. The zero-order valence-electron chi connectivity index (χ0n) is 19.0. The normalized spacial score (nSPS) is 16.1. The molecule has 1 atom stereocenters. The van der Waals surface area contributed by atoms with Crippen LogP contribution in [0.1, 0.15) is 12.8 Å². The van der Waals surface area contributed by atoms with Gasteiger partial charge in [0.05, 0.1) is 10.6 Å². The smallest absolute Gasteiger partial charge is 0.244 e. The van der Waals surface area contributed by atoms with E-state index in [2.05, 4.69) is 10.3 Å². The molecule has 2 heterocycles. The fourth-order valence-electron chi connectivity index (χ4n) is 4.00. The van der Waals surface area contributed by atoms with Crippen LogP contribution in [0.2, 0.25) is 0 Å². The molecule has 7 nitrogen and oxygen atoms in total. The van der Waals surface area contributed by atoms with Crippen LogP contribution in [-0.2, 0) is 14.8 Å². The zero-order chi connectivity index (χ0) is 25.1.